The average Bonchev–Trinajstić information content (AvgIpc) is 2.70. The first-order valence-corrected chi connectivity index (χ1v) is 7.53. The van der Waals surface area contributed by atoms with Gasteiger partial charge in [-0.1, -0.05) is 24.6 Å². The van der Waals surface area contributed by atoms with Crippen LogP contribution in [0.1, 0.15) is 45.4 Å². The number of ether oxygens (including phenoxy) is 3. The van der Waals surface area contributed by atoms with Gasteiger partial charge in [0.25, 0.3) is 0 Å². The predicted octanol–water partition coefficient (Wildman–Crippen LogP) is 4.16. The van der Waals surface area contributed by atoms with E-state index < -0.39 is 45.2 Å². The minimum Gasteiger partial charge on any atom is -0.493 e. The molecule has 2 aromatic rings. The SMILES string of the molecule is [2H]C([2H])([2H])Oc1cc(C([2H])([2H])C([2H])([2H])CC([2H])([2H])C(O)C([2H])([2H])Oc2cccc(C)c2)ccc1OC. The molecule has 0 radical (unpaired) electrons. The van der Waals surface area contributed by atoms with Crippen LogP contribution in [0.4, 0.5) is 0 Å². The van der Waals surface area contributed by atoms with E-state index in [4.69, 9.17) is 29.3 Å². The molecule has 0 heterocycles. The molecule has 136 valence electrons. The molecule has 1 atom stereocenters. The van der Waals surface area contributed by atoms with Gasteiger partial charge in [0.15, 0.2) is 11.5 Å². The summed E-state index contributed by atoms with van der Waals surface area (Å²) < 4.78 is 103. The maximum atomic E-state index is 10.5. The molecule has 0 aliphatic carbocycles. The lowest BCUT2D eigenvalue weighted by Gasteiger charge is -2.13. The third kappa shape index (κ3) is 6.31. The molecular formula is C21H28O4. The Morgan fingerprint density at radius 2 is 2.04 bits per heavy atom. The lowest BCUT2D eigenvalue weighted by atomic mass is 10.0. The van der Waals surface area contributed by atoms with Gasteiger partial charge < -0.3 is 19.3 Å². The Bertz CT molecular complexity index is 1050. The van der Waals surface area contributed by atoms with E-state index in [0.29, 0.717) is 0 Å². The fourth-order valence-corrected chi connectivity index (χ4v) is 1.97. The van der Waals surface area contributed by atoms with Crippen LogP contribution in [0.25, 0.3) is 0 Å². The Kier molecular flexibility index (Phi) is 3.56. The highest BCUT2D eigenvalue weighted by molar-refractivity contribution is 5.42. The van der Waals surface area contributed by atoms with E-state index >= 15 is 0 Å². The highest BCUT2D eigenvalue weighted by Crippen LogP contribution is 2.28. The summed E-state index contributed by atoms with van der Waals surface area (Å²) in [4.78, 5) is 0. The lowest BCUT2D eigenvalue weighted by Crippen LogP contribution is -2.17. The Morgan fingerprint density at radius 1 is 1.16 bits per heavy atom. The molecule has 1 unspecified atom stereocenters. The number of rotatable bonds is 10. The molecule has 1 N–H and O–H groups in total. The second kappa shape index (κ2) is 9.94. The van der Waals surface area contributed by atoms with Crippen molar-refractivity contribution in [2.45, 2.75) is 38.6 Å². The summed E-state index contributed by atoms with van der Waals surface area (Å²) in [5.41, 5.74) is 0.350. The number of benzene rings is 2. The van der Waals surface area contributed by atoms with E-state index in [2.05, 4.69) is 0 Å². The molecule has 0 amide bonds. The number of hydrogen-bond acceptors (Lipinski definition) is 4. The maximum absolute atomic E-state index is 10.5. The quantitative estimate of drug-likeness (QED) is 0.695. The van der Waals surface area contributed by atoms with Gasteiger partial charge in [-0.25, -0.2) is 0 Å². The van der Waals surface area contributed by atoms with Crippen LogP contribution >= 0.6 is 0 Å². The summed E-state index contributed by atoms with van der Waals surface area (Å²) >= 11 is 0. The van der Waals surface area contributed by atoms with E-state index in [1.807, 2.05) is 0 Å². The van der Waals surface area contributed by atoms with Crippen molar-refractivity contribution >= 4 is 0 Å². The monoisotopic (exact) mass is 355 g/mol. The Morgan fingerprint density at radius 3 is 2.80 bits per heavy atom. The minimum atomic E-state index is -3.01. The maximum Gasteiger partial charge on any atom is 0.160 e. The van der Waals surface area contributed by atoms with Crippen LogP contribution in [0.3, 0.4) is 0 Å². The van der Waals surface area contributed by atoms with Crippen LogP contribution < -0.4 is 14.2 Å². The molecule has 4 nitrogen and oxygen atoms in total. The standard InChI is InChI=1S/C21H28O4/c1-16-7-6-10-19(13-16)25-15-18(22)9-5-4-8-17-11-12-20(23-2)21(14-17)24-3/h6-7,10-14,18,22H,4-5,8-9,15H2,1-3H3/i3D3,4D2,8D2,9D2,15D2. The number of aliphatic hydroxyl groups excluding tert-OH is 1. The summed E-state index contributed by atoms with van der Waals surface area (Å²) in [6, 6.07) is 9.44. The molecule has 2 rings (SSSR count). The Hall–Kier alpha value is -2.20. The van der Waals surface area contributed by atoms with Gasteiger partial charge in [-0.05, 0) is 61.4 Å². The second-order valence-corrected chi connectivity index (χ2v) is 5.09. The van der Waals surface area contributed by atoms with E-state index in [0.717, 1.165) is 17.7 Å². The normalized spacial score (nSPS) is 21.2. The minimum absolute atomic E-state index is 0.0215. The highest BCUT2D eigenvalue weighted by Gasteiger charge is 2.07. The summed E-state index contributed by atoms with van der Waals surface area (Å²) in [5.74, 6) is -0.396. The molecule has 0 bridgehead atoms. The van der Waals surface area contributed by atoms with Gasteiger partial charge in [0.1, 0.15) is 12.3 Å². The van der Waals surface area contributed by atoms with Gasteiger partial charge in [-0.2, -0.15) is 0 Å². The molecule has 4 heteroatoms. The highest BCUT2D eigenvalue weighted by atomic mass is 16.5. The summed E-state index contributed by atoms with van der Waals surface area (Å²) in [6.45, 7) is -1.26. The van der Waals surface area contributed by atoms with Gasteiger partial charge in [-0.3, -0.25) is 0 Å². The smallest absolute Gasteiger partial charge is 0.160 e. The molecule has 0 aromatic heterocycles. The zero-order chi connectivity index (χ0) is 27.7. The number of aliphatic hydroxyl groups is 1. The van der Waals surface area contributed by atoms with Crippen LogP contribution in [0.15, 0.2) is 42.5 Å². The first-order valence-electron chi connectivity index (χ1n) is 13.0. The van der Waals surface area contributed by atoms with Crippen molar-refractivity contribution in [3.63, 3.8) is 0 Å². The Balaban J connectivity index is 2.34. The summed E-state index contributed by atoms with van der Waals surface area (Å²) in [5, 5.41) is 10.5. The van der Waals surface area contributed by atoms with Crippen LogP contribution in [0, 0.1) is 6.92 Å². The van der Waals surface area contributed by atoms with Crippen molar-refractivity contribution in [1.82, 2.24) is 0 Å². The van der Waals surface area contributed by atoms with E-state index in [1.165, 1.54) is 25.3 Å². The number of methoxy groups -OCH3 is 2. The number of aryl methyl sites for hydroxylation is 2. The van der Waals surface area contributed by atoms with Gasteiger partial charge in [0.2, 0.25) is 0 Å². The van der Waals surface area contributed by atoms with Crippen molar-refractivity contribution in [2.75, 3.05) is 20.7 Å². The molecular weight excluding hydrogens is 316 g/mol. The molecule has 2 aromatic carbocycles. The molecule has 0 aliphatic rings. The Labute approximate surface area is 165 Å². The average molecular weight is 356 g/mol. The summed E-state index contributed by atoms with van der Waals surface area (Å²) in [7, 11) is -1.67. The van der Waals surface area contributed by atoms with Crippen LogP contribution in [-0.4, -0.2) is 31.9 Å². The molecule has 0 fully saturated rings. The van der Waals surface area contributed by atoms with Crippen molar-refractivity contribution < 1.29 is 34.4 Å². The van der Waals surface area contributed by atoms with E-state index in [-0.39, 0.29) is 22.8 Å². The van der Waals surface area contributed by atoms with Crippen molar-refractivity contribution in [3.8, 4) is 17.2 Å². The van der Waals surface area contributed by atoms with Crippen LogP contribution in [0.2, 0.25) is 0 Å². The fraction of sp³-hybridized carbons (Fsp3) is 0.429. The topological polar surface area (TPSA) is 47.9 Å². The van der Waals surface area contributed by atoms with Gasteiger partial charge in [0, 0.05) is 8.22 Å². The van der Waals surface area contributed by atoms with Gasteiger partial charge in [-0.15, -0.1) is 0 Å². The summed E-state index contributed by atoms with van der Waals surface area (Å²) in [6.07, 6.45) is -12.7. The largest absolute Gasteiger partial charge is 0.493 e. The molecule has 0 saturated carbocycles. The predicted molar refractivity (Wildman–Crippen MR) is 99.8 cm³/mol. The van der Waals surface area contributed by atoms with Gasteiger partial charge >= 0.3 is 0 Å². The second-order valence-electron chi connectivity index (χ2n) is 5.09. The number of hydrogen-bond donors (Lipinski definition) is 1. The lowest BCUT2D eigenvalue weighted by molar-refractivity contribution is 0.0976. The van der Waals surface area contributed by atoms with Crippen molar-refractivity contribution in [1.29, 1.82) is 0 Å². The molecule has 0 spiro atoms. The van der Waals surface area contributed by atoms with Crippen molar-refractivity contribution in [3.05, 3.63) is 53.6 Å². The fourth-order valence-electron chi connectivity index (χ4n) is 1.97. The zero-order valence-electron chi connectivity index (χ0n) is 25.0. The first-order chi connectivity index (χ1) is 16.2. The van der Waals surface area contributed by atoms with E-state index in [1.54, 1.807) is 19.1 Å². The van der Waals surface area contributed by atoms with E-state index in [9.17, 15) is 5.11 Å². The molecule has 0 saturated heterocycles. The zero-order valence-corrected chi connectivity index (χ0v) is 14.0. The third-order valence-corrected chi connectivity index (χ3v) is 3.17. The molecule has 25 heavy (non-hydrogen) atoms. The molecule has 0 aliphatic heterocycles. The van der Waals surface area contributed by atoms with Crippen molar-refractivity contribution in [2.24, 2.45) is 0 Å². The van der Waals surface area contributed by atoms with Gasteiger partial charge in [0.05, 0.1) is 27.1 Å². The third-order valence-electron chi connectivity index (χ3n) is 3.17. The van der Waals surface area contributed by atoms with Crippen LogP contribution in [0.5, 0.6) is 17.2 Å². The first kappa shape index (κ1) is 8.95. The van der Waals surface area contributed by atoms with Crippen LogP contribution in [-0.2, 0) is 6.37 Å².